The van der Waals surface area contributed by atoms with Gasteiger partial charge in [0.05, 0.1) is 0 Å². The zero-order valence-corrected chi connectivity index (χ0v) is 12.4. The van der Waals surface area contributed by atoms with E-state index in [4.69, 9.17) is 0 Å². The first-order chi connectivity index (χ1) is 8.86. The third-order valence-electron chi connectivity index (χ3n) is 2.64. The first-order valence-corrected chi connectivity index (χ1v) is 8.10. The molecule has 0 radical (unpaired) electrons. The molecule has 0 aliphatic carbocycles. The second-order valence-corrected chi connectivity index (χ2v) is 6.17. The summed E-state index contributed by atoms with van der Waals surface area (Å²) in [6.45, 7) is 2.93. The van der Waals surface area contributed by atoms with E-state index in [-0.39, 0.29) is 15.0 Å². The van der Waals surface area contributed by atoms with E-state index in [0.717, 1.165) is 29.7 Å². The number of thiazole rings is 1. The van der Waals surface area contributed by atoms with Gasteiger partial charge in [0.1, 0.15) is 0 Å². The maximum atomic E-state index is 4.45. The molecular weight excluding hydrogens is 311 g/mol. The molecule has 0 saturated heterocycles. The molecule has 1 aromatic carbocycles. The van der Waals surface area contributed by atoms with Crippen LogP contribution in [-0.4, -0.2) is 27.9 Å². The zero-order chi connectivity index (χ0) is 12.4. The van der Waals surface area contributed by atoms with Crippen molar-refractivity contribution in [1.82, 2.24) is 12.9 Å². The molecule has 0 saturated carbocycles. The van der Waals surface area contributed by atoms with Gasteiger partial charge in [-0.15, -0.1) is 0 Å². The average molecular weight is 323 g/mol. The van der Waals surface area contributed by atoms with Gasteiger partial charge in [-0.3, -0.25) is 0 Å². The van der Waals surface area contributed by atoms with Crippen LogP contribution in [0.2, 0.25) is 0 Å². The molecule has 0 atom stereocenters. The Hall–Kier alpha value is -1.23. The van der Waals surface area contributed by atoms with Gasteiger partial charge in [0.25, 0.3) is 0 Å². The summed E-state index contributed by atoms with van der Waals surface area (Å²) in [4.78, 5) is 5.61. The second-order valence-electron chi connectivity index (χ2n) is 3.86. The quantitative estimate of drug-likeness (QED) is 0.749. The van der Waals surface area contributed by atoms with Gasteiger partial charge in [-0.25, -0.2) is 0 Å². The van der Waals surface area contributed by atoms with Gasteiger partial charge in [0, 0.05) is 0 Å². The van der Waals surface area contributed by atoms with E-state index >= 15 is 0 Å². The Bertz CT molecular complexity index is 661. The van der Waals surface area contributed by atoms with Crippen molar-refractivity contribution in [2.24, 2.45) is 0 Å². The Labute approximate surface area is 115 Å². The monoisotopic (exact) mass is 324 g/mol. The fraction of sp³-hybridized carbons (Fsp3) is 0.250. The van der Waals surface area contributed by atoms with Crippen LogP contribution in [0.1, 0.15) is 16.8 Å². The van der Waals surface area contributed by atoms with Gasteiger partial charge in [-0.05, 0) is 0 Å². The molecule has 0 fully saturated rings. The van der Waals surface area contributed by atoms with Crippen LogP contribution in [0.5, 0.6) is 0 Å². The number of nitrogens with one attached hydrogen (secondary N) is 1. The SMILES string of the molecule is CCc1ncc(CNc2cccc3n[se]nc23)s1. The van der Waals surface area contributed by atoms with Crippen LogP contribution in [-0.2, 0) is 13.0 Å². The Morgan fingerprint density at radius 2 is 2.28 bits per heavy atom. The fourth-order valence-corrected chi connectivity index (χ4v) is 3.68. The van der Waals surface area contributed by atoms with E-state index in [1.165, 1.54) is 9.88 Å². The van der Waals surface area contributed by atoms with Crippen LogP contribution < -0.4 is 5.32 Å². The molecule has 92 valence electrons. The number of benzene rings is 1. The summed E-state index contributed by atoms with van der Waals surface area (Å²) in [6, 6.07) is 6.09. The summed E-state index contributed by atoms with van der Waals surface area (Å²) in [5.74, 6) is 0. The topological polar surface area (TPSA) is 50.7 Å². The molecule has 0 bridgehead atoms. The predicted octanol–water partition coefficient (Wildman–Crippen LogP) is 2.32. The number of hydrogen-bond donors (Lipinski definition) is 1. The van der Waals surface area contributed by atoms with Crippen LogP contribution in [0, 0.1) is 0 Å². The van der Waals surface area contributed by atoms with Crippen molar-refractivity contribution in [2.45, 2.75) is 19.9 Å². The molecule has 0 unspecified atom stereocenters. The van der Waals surface area contributed by atoms with Gasteiger partial charge in [-0.2, -0.15) is 0 Å². The number of aromatic nitrogens is 3. The average Bonchev–Trinajstić information content (AvgIpc) is 3.05. The second kappa shape index (κ2) is 5.18. The third-order valence-corrected chi connectivity index (χ3v) is 4.92. The zero-order valence-electron chi connectivity index (χ0n) is 9.88. The van der Waals surface area contributed by atoms with Gasteiger partial charge in [0.2, 0.25) is 0 Å². The molecule has 0 aliphatic heterocycles. The molecule has 2 heterocycles. The number of aryl methyl sites for hydroxylation is 1. The van der Waals surface area contributed by atoms with Crippen molar-refractivity contribution in [3.8, 4) is 0 Å². The standard InChI is InChI=1S/C12H12N4SSe/c1-2-11-14-7-8(17-11)6-13-9-4-3-5-10-12(9)16-18-15-10/h3-5,7,13H,2,6H2,1H3. The summed E-state index contributed by atoms with van der Waals surface area (Å²) in [5.41, 5.74) is 3.10. The number of anilines is 1. The first-order valence-electron chi connectivity index (χ1n) is 5.75. The summed E-state index contributed by atoms with van der Waals surface area (Å²) in [6.07, 6.45) is 2.95. The van der Waals surface area contributed by atoms with Crippen LogP contribution in [0.4, 0.5) is 5.69 Å². The molecule has 1 N–H and O–H groups in total. The Morgan fingerprint density at radius 1 is 1.33 bits per heavy atom. The number of rotatable bonds is 4. The van der Waals surface area contributed by atoms with Crippen LogP contribution in [0.15, 0.2) is 24.4 Å². The van der Waals surface area contributed by atoms with Crippen molar-refractivity contribution in [2.75, 3.05) is 5.32 Å². The molecule has 0 spiro atoms. The van der Waals surface area contributed by atoms with E-state index in [9.17, 15) is 0 Å². The Balaban J connectivity index is 1.78. The van der Waals surface area contributed by atoms with E-state index in [0.29, 0.717) is 0 Å². The van der Waals surface area contributed by atoms with Crippen molar-refractivity contribution in [3.05, 3.63) is 34.3 Å². The van der Waals surface area contributed by atoms with Gasteiger partial charge in [0.15, 0.2) is 0 Å². The molecular formula is C12H12N4SSe. The minimum atomic E-state index is 0.0278. The maximum absolute atomic E-state index is 4.45. The van der Waals surface area contributed by atoms with Crippen molar-refractivity contribution >= 4 is 43.0 Å². The molecule has 0 aliphatic rings. The van der Waals surface area contributed by atoms with E-state index in [2.05, 4.69) is 31.2 Å². The normalized spacial score (nSPS) is 10.9. The predicted molar refractivity (Wildman–Crippen MR) is 75.3 cm³/mol. The summed E-state index contributed by atoms with van der Waals surface area (Å²) >= 11 is 1.79. The van der Waals surface area contributed by atoms with Crippen LogP contribution in [0.3, 0.4) is 0 Å². The molecule has 3 rings (SSSR count). The van der Waals surface area contributed by atoms with E-state index < -0.39 is 0 Å². The van der Waals surface area contributed by atoms with Crippen LogP contribution in [0.25, 0.3) is 11.0 Å². The molecule has 2 aromatic heterocycles. The number of fused-ring (bicyclic) bond motifs is 1. The molecule has 6 heteroatoms. The molecule has 3 aromatic rings. The summed E-state index contributed by atoms with van der Waals surface area (Å²) < 4.78 is 8.83. The summed E-state index contributed by atoms with van der Waals surface area (Å²) in [7, 11) is 0. The van der Waals surface area contributed by atoms with E-state index in [1.54, 1.807) is 11.3 Å². The molecule has 0 amide bonds. The first kappa shape index (κ1) is 11.8. The van der Waals surface area contributed by atoms with Crippen molar-refractivity contribution in [1.29, 1.82) is 0 Å². The molecule has 4 nitrogen and oxygen atoms in total. The van der Waals surface area contributed by atoms with Gasteiger partial charge in [-0.1, -0.05) is 0 Å². The summed E-state index contributed by atoms with van der Waals surface area (Å²) in [5, 5.41) is 4.61. The number of hydrogen-bond acceptors (Lipinski definition) is 5. The van der Waals surface area contributed by atoms with Gasteiger partial charge < -0.3 is 0 Å². The van der Waals surface area contributed by atoms with Crippen LogP contribution >= 0.6 is 11.3 Å². The Morgan fingerprint density at radius 3 is 3.11 bits per heavy atom. The van der Waals surface area contributed by atoms with Crippen molar-refractivity contribution < 1.29 is 0 Å². The van der Waals surface area contributed by atoms with E-state index in [1.807, 2.05) is 18.3 Å². The number of nitrogens with zero attached hydrogens (tertiary/aromatic N) is 3. The minimum absolute atomic E-state index is 0.0278. The van der Waals surface area contributed by atoms with Gasteiger partial charge >= 0.3 is 115 Å². The van der Waals surface area contributed by atoms with Crippen molar-refractivity contribution in [3.63, 3.8) is 0 Å². The fourth-order valence-electron chi connectivity index (χ4n) is 1.72. The third kappa shape index (κ3) is 2.32. The Kier molecular flexibility index (Phi) is 3.41. The molecule has 18 heavy (non-hydrogen) atoms.